The molecule has 0 saturated carbocycles. The third kappa shape index (κ3) is 7.88. The second-order valence-electron chi connectivity index (χ2n) is 1.98. The molecule has 56 valence electrons. The number of aliphatic hydroxyl groups excluding tert-OH is 1. The molecule has 0 aliphatic carbocycles. The molecule has 1 unspecified atom stereocenters. The number of nitrogens with one attached hydrogen (secondary N) is 1. The van der Waals surface area contributed by atoms with Gasteiger partial charge in [-0.25, -0.2) is 5.48 Å². The minimum absolute atomic E-state index is 0.261. The van der Waals surface area contributed by atoms with E-state index < -0.39 is 0 Å². The number of hydroxylamine groups is 1. The molecule has 3 heteroatoms. The first-order chi connectivity index (χ1) is 4.27. The van der Waals surface area contributed by atoms with Crippen LogP contribution in [0, 0.1) is 0 Å². The van der Waals surface area contributed by atoms with E-state index in [0.29, 0.717) is 13.0 Å². The summed E-state index contributed by atoms with van der Waals surface area (Å²) in [6.07, 6.45) is 0.427. The van der Waals surface area contributed by atoms with Gasteiger partial charge < -0.3 is 9.94 Å². The molecule has 0 aliphatic heterocycles. The van der Waals surface area contributed by atoms with Crippen LogP contribution in [0.25, 0.3) is 0 Å². The van der Waals surface area contributed by atoms with Gasteiger partial charge in [-0.05, 0) is 13.3 Å². The molecule has 0 radical (unpaired) electrons. The van der Waals surface area contributed by atoms with E-state index in [-0.39, 0.29) is 6.10 Å². The van der Waals surface area contributed by atoms with Gasteiger partial charge in [-0.2, -0.15) is 0 Å². The van der Waals surface area contributed by atoms with Crippen LogP contribution in [0.4, 0.5) is 0 Å². The molecule has 9 heavy (non-hydrogen) atoms. The van der Waals surface area contributed by atoms with Crippen molar-refractivity contribution in [3.8, 4) is 0 Å². The van der Waals surface area contributed by atoms with E-state index in [1.165, 1.54) is 0 Å². The summed E-state index contributed by atoms with van der Waals surface area (Å²) in [7, 11) is 0. The van der Waals surface area contributed by atoms with Gasteiger partial charge in [-0.3, -0.25) is 0 Å². The molecule has 0 spiro atoms. The Morgan fingerprint density at radius 3 is 2.78 bits per heavy atom. The highest BCUT2D eigenvalue weighted by Gasteiger charge is 1.92. The van der Waals surface area contributed by atoms with Crippen molar-refractivity contribution in [2.45, 2.75) is 26.4 Å². The maximum absolute atomic E-state index is 8.74. The highest BCUT2D eigenvalue weighted by Crippen LogP contribution is 1.87. The van der Waals surface area contributed by atoms with E-state index in [1.807, 2.05) is 6.92 Å². The Kier molecular flexibility index (Phi) is 5.93. The number of aliphatic hydroxyl groups is 1. The number of hydrogen-bond donors (Lipinski definition) is 2. The summed E-state index contributed by atoms with van der Waals surface area (Å²) in [5.41, 5.74) is 2.69. The normalized spacial score (nSPS) is 13.7. The van der Waals surface area contributed by atoms with Crippen LogP contribution in [0.2, 0.25) is 0 Å². The van der Waals surface area contributed by atoms with Gasteiger partial charge in [0.2, 0.25) is 0 Å². The smallest absolute Gasteiger partial charge is 0.0706 e. The zero-order valence-electron chi connectivity index (χ0n) is 6.05. The van der Waals surface area contributed by atoms with Crippen LogP contribution in [-0.2, 0) is 4.84 Å². The standard InChI is InChI=1S/C6H15NO2/c1-3-7-9-5-4-6(2)8/h6-8H,3-5H2,1-2H3. The first-order valence-electron chi connectivity index (χ1n) is 3.30. The Morgan fingerprint density at radius 1 is 1.67 bits per heavy atom. The van der Waals surface area contributed by atoms with Crippen molar-refractivity contribution in [2.24, 2.45) is 0 Å². The van der Waals surface area contributed by atoms with Gasteiger partial charge in [0.05, 0.1) is 12.7 Å². The third-order valence-electron chi connectivity index (χ3n) is 0.884. The van der Waals surface area contributed by atoms with Crippen LogP contribution >= 0.6 is 0 Å². The molecule has 0 amide bonds. The van der Waals surface area contributed by atoms with E-state index in [4.69, 9.17) is 9.94 Å². The van der Waals surface area contributed by atoms with E-state index in [2.05, 4.69) is 5.48 Å². The van der Waals surface area contributed by atoms with Crippen molar-refractivity contribution in [2.75, 3.05) is 13.2 Å². The van der Waals surface area contributed by atoms with Crippen LogP contribution in [0.15, 0.2) is 0 Å². The lowest BCUT2D eigenvalue weighted by atomic mass is 10.3. The van der Waals surface area contributed by atoms with Gasteiger partial charge >= 0.3 is 0 Å². The molecule has 3 nitrogen and oxygen atoms in total. The van der Waals surface area contributed by atoms with E-state index in [0.717, 1.165) is 6.54 Å². The number of rotatable bonds is 5. The summed E-state index contributed by atoms with van der Waals surface area (Å²) in [5.74, 6) is 0. The maximum atomic E-state index is 8.74. The average Bonchev–Trinajstić information content (AvgIpc) is 1.80. The summed E-state index contributed by atoms with van der Waals surface area (Å²) in [4.78, 5) is 4.88. The second-order valence-corrected chi connectivity index (χ2v) is 1.98. The fourth-order valence-electron chi connectivity index (χ4n) is 0.404. The molecule has 0 fully saturated rings. The summed E-state index contributed by atoms with van der Waals surface area (Å²) in [5, 5.41) is 8.74. The van der Waals surface area contributed by atoms with Crippen molar-refractivity contribution in [3.05, 3.63) is 0 Å². The van der Waals surface area contributed by atoms with Crippen molar-refractivity contribution in [1.29, 1.82) is 0 Å². The molecule has 0 bridgehead atoms. The lowest BCUT2D eigenvalue weighted by Crippen LogP contribution is -2.16. The summed E-state index contributed by atoms with van der Waals surface area (Å²) in [6, 6.07) is 0. The highest BCUT2D eigenvalue weighted by molar-refractivity contribution is 4.42. The largest absolute Gasteiger partial charge is 0.393 e. The average molecular weight is 133 g/mol. The van der Waals surface area contributed by atoms with Crippen LogP contribution in [0.1, 0.15) is 20.3 Å². The molecule has 0 saturated heterocycles. The molecule has 0 aromatic carbocycles. The maximum Gasteiger partial charge on any atom is 0.0706 e. The molecule has 0 rings (SSSR count). The third-order valence-corrected chi connectivity index (χ3v) is 0.884. The van der Waals surface area contributed by atoms with Crippen molar-refractivity contribution in [1.82, 2.24) is 5.48 Å². The Bertz CT molecular complexity index is 57.0. The lowest BCUT2D eigenvalue weighted by molar-refractivity contribution is 0.0235. The summed E-state index contributed by atoms with van der Waals surface area (Å²) < 4.78 is 0. The van der Waals surface area contributed by atoms with E-state index in [9.17, 15) is 0 Å². The summed E-state index contributed by atoms with van der Waals surface area (Å²) in [6.45, 7) is 5.09. The Labute approximate surface area is 56.0 Å². The Hall–Kier alpha value is -0.120. The molecule has 2 N–H and O–H groups in total. The first kappa shape index (κ1) is 8.88. The topological polar surface area (TPSA) is 41.5 Å². The van der Waals surface area contributed by atoms with Gasteiger partial charge in [0.1, 0.15) is 0 Å². The Balaban J connectivity index is 2.75. The minimum atomic E-state index is -0.261. The van der Waals surface area contributed by atoms with Crippen LogP contribution in [0.5, 0.6) is 0 Å². The van der Waals surface area contributed by atoms with Crippen molar-refractivity contribution in [3.63, 3.8) is 0 Å². The summed E-state index contributed by atoms with van der Waals surface area (Å²) >= 11 is 0. The van der Waals surface area contributed by atoms with Crippen LogP contribution < -0.4 is 5.48 Å². The second kappa shape index (κ2) is 6.01. The van der Waals surface area contributed by atoms with Gasteiger partial charge in [0.15, 0.2) is 0 Å². The predicted octanol–water partition coefficient (Wildman–Crippen LogP) is 0.298. The molecular weight excluding hydrogens is 118 g/mol. The lowest BCUT2D eigenvalue weighted by Gasteiger charge is -2.03. The highest BCUT2D eigenvalue weighted by atomic mass is 16.6. The molecule has 0 aromatic heterocycles. The monoisotopic (exact) mass is 133 g/mol. The quantitative estimate of drug-likeness (QED) is 0.418. The van der Waals surface area contributed by atoms with Gasteiger partial charge in [-0.15, -0.1) is 0 Å². The van der Waals surface area contributed by atoms with Gasteiger partial charge in [-0.1, -0.05) is 6.92 Å². The fourth-order valence-corrected chi connectivity index (χ4v) is 0.404. The predicted molar refractivity (Wildman–Crippen MR) is 35.9 cm³/mol. The van der Waals surface area contributed by atoms with E-state index in [1.54, 1.807) is 6.92 Å². The van der Waals surface area contributed by atoms with E-state index >= 15 is 0 Å². The fraction of sp³-hybridized carbons (Fsp3) is 1.00. The minimum Gasteiger partial charge on any atom is -0.393 e. The SMILES string of the molecule is CCNOCCC(C)O. The van der Waals surface area contributed by atoms with Crippen LogP contribution in [-0.4, -0.2) is 24.4 Å². The number of hydrogen-bond acceptors (Lipinski definition) is 3. The molecule has 0 aliphatic rings. The first-order valence-corrected chi connectivity index (χ1v) is 3.30. The zero-order valence-corrected chi connectivity index (χ0v) is 6.05. The molecule has 1 atom stereocenters. The van der Waals surface area contributed by atoms with Gasteiger partial charge in [0.25, 0.3) is 0 Å². The molecule has 0 heterocycles. The molecule has 0 aromatic rings. The van der Waals surface area contributed by atoms with Gasteiger partial charge in [0, 0.05) is 6.54 Å². The van der Waals surface area contributed by atoms with Crippen LogP contribution in [0.3, 0.4) is 0 Å². The van der Waals surface area contributed by atoms with Crippen molar-refractivity contribution >= 4 is 0 Å². The van der Waals surface area contributed by atoms with Crippen molar-refractivity contribution < 1.29 is 9.94 Å². The Morgan fingerprint density at radius 2 is 2.33 bits per heavy atom. The molecular formula is C6H15NO2. The zero-order chi connectivity index (χ0) is 7.11.